The molecule has 0 aromatic rings. The molecule has 2 aliphatic carbocycles. The van der Waals surface area contributed by atoms with Crippen LogP contribution in [0.4, 0.5) is 0 Å². The number of ether oxygens (including phenoxy) is 1. The first-order chi connectivity index (χ1) is 6.46. The Morgan fingerprint density at radius 2 is 2.00 bits per heavy atom. The first-order valence-corrected chi connectivity index (χ1v) is 5.37. The summed E-state index contributed by atoms with van der Waals surface area (Å²) in [6.45, 7) is 5.77. The molecule has 2 heteroatoms. The van der Waals surface area contributed by atoms with Crippen molar-refractivity contribution in [2.45, 2.75) is 39.2 Å². The minimum atomic E-state index is -0.345. The number of fused-ring (bicyclic) bond motifs is 2. The zero-order valence-electron chi connectivity index (χ0n) is 9.12. The molecule has 2 bridgehead atoms. The summed E-state index contributed by atoms with van der Waals surface area (Å²) in [4.78, 5) is 11.8. The molecular weight excluding hydrogens is 176 g/mol. The first-order valence-electron chi connectivity index (χ1n) is 5.37. The van der Waals surface area contributed by atoms with Crippen molar-refractivity contribution in [3.05, 3.63) is 12.2 Å². The van der Waals surface area contributed by atoms with Gasteiger partial charge in [0.05, 0.1) is 5.92 Å². The van der Waals surface area contributed by atoms with Crippen LogP contribution in [0.15, 0.2) is 12.2 Å². The van der Waals surface area contributed by atoms with Gasteiger partial charge in [0.15, 0.2) is 0 Å². The van der Waals surface area contributed by atoms with Crippen LogP contribution in [0.25, 0.3) is 0 Å². The summed E-state index contributed by atoms with van der Waals surface area (Å²) in [7, 11) is 0. The van der Waals surface area contributed by atoms with E-state index in [-0.39, 0.29) is 17.5 Å². The Balaban J connectivity index is 1.97. The van der Waals surface area contributed by atoms with Crippen LogP contribution in [0.1, 0.15) is 33.6 Å². The summed E-state index contributed by atoms with van der Waals surface area (Å²) in [5, 5.41) is 0. The molecule has 2 nitrogen and oxygen atoms in total. The van der Waals surface area contributed by atoms with E-state index in [4.69, 9.17) is 4.74 Å². The molecule has 0 aromatic heterocycles. The Morgan fingerprint density at radius 1 is 1.29 bits per heavy atom. The predicted molar refractivity (Wildman–Crippen MR) is 54.7 cm³/mol. The number of hydrogen-bond donors (Lipinski definition) is 0. The van der Waals surface area contributed by atoms with Crippen molar-refractivity contribution in [2.75, 3.05) is 0 Å². The van der Waals surface area contributed by atoms with Crippen molar-refractivity contribution < 1.29 is 9.53 Å². The number of carbonyl (C=O) groups excluding carboxylic acids is 1. The van der Waals surface area contributed by atoms with Crippen LogP contribution < -0.4 is 0 Å². The van der Waals surface area contributed by atoms with Gasteiger partial charge >= 0.3 is 5.97 Å². The maximum Gasteiger partial charge on any atom is 0.310 e. The molecule has 0 saturated heterocycles. The molecule has 1 fully saturated rings. The summed E-state index contributed by atoms with van der Waals surface area (Å²) in [6, 6.07) is 0. The van der Waals surface area contributed by atoms with E-state index in [1.807, 2.05) is 20.8 Å². The highest BCUT2D eigenvalue weighted by atomic mass is 16.6. The van der Waals surface area contributed by atoms with Crippen LogP contribution >= 0.6 is 0 Å². The highest BCUT2D eigenvalue weighted by Gasteiger charge is 2.41. The van der Waals surface area contributed by atoms with E-state index < -0.39 is 0 Å². The van der Waals surface area contributed by atoms with Crippen LogP contribution in [-0.2, 0) is 9.53 Å². The van der Waals surface area contributed by atoms with E-state index in [0.717, 1.165) is 12.8 Å². The Kier molecular flexibility index (Phi) is 2.17. The van der Waals surface area contributed by atoms with E-state index in [0.29, 0.717) is 11.8 Å². The molecule has 1 unspecified atom stereocenters. The van der Waals surface area contributed by atoms with Gasteiger partial charge in [-0.3, -0.25) is 4.79 Å². The highest BCUT2D eigenvalue weighted by molar-refractivity contribution is 5.74. The standard InChI is InChI=1S/C12H18O2/c1-12(2,3)14-11(13)10-7-8-4-5-9(10)6-8/h4-5,8-10H,6-7H2,1-3H3/t8-,9+,10?/m1/s1. The third-order valence-corrected chi connectivity index (χ3v) is 2.99. The van der Waals surface area contributed by atoms with Gasteiger partial charge in [0, 0.05) is 0 Å². The monoisotopic (exact) mass is 194 g/mol. The molecule has 0 aromatic carbocycles. The van der Waals surface area contributed by atoms with Gasteiger partial charge < -0.3 is 4.74 Å². The van der Waals surface area contributed by atoms with Crippen molar-refractivity contribution in [2.24, 2.45) is 17.8 Å². The third kappa shape index (κ3) is 1.84. The zero-order chi connectivity index (χ0) is 10.3. The summed E-state index contributed by atoms with van der Waals surface area (Å²) in [5.74, 6) is 1.21. The molecule has 0 amide bonds. The SMILES string of the molecule is CC(C)(C)OC(=O)C1C[C@@H]2C=C[C@H]1C2. The molecule has 78 valence electrons. The Bertz CT molecular complexity index is 273. The molecule has 2 aliphatic rings. The third-order valence-electron chi connectivity index (χ3n) is 2.99. The Hall–Kier alpha value is -0.790. The predicted octanol–water partition coefficient (Wildman–Crippen LogP) is 2.54. The summed E-state index contributed by atoms with van der Waals surface area (Å²) < 4.78 is 5.40. The lowest BCUT2D eigenvalue weighted by molar-refractivity contribution is -0.160. The van der Waals surface area contributed by atoms with E-state index in [1.54, 1.807) is 0 Å². The van der Waals surface area contributed by atoms with Crippen LogP contribution in [0.5, 0.6) is 0 Å². The lowest BCUT2D eigenvalue weighted by Crippen LogP contribution is -2.30. The van der Waals surface area contributed by atoms with Gasteiger partial charge in [0.25, 0.3) is 0 Å². The molecule has 3 atom stereocenters. The highest BCUT2D eigenvalue weighted by Crippen LogP contribution is 2.44. The van der Waals surface area contributed by atoms with E-state index in [9.17, 15) is 4.79 Å². The van der Waals surface area contributed by atoms with Crippen molar-refractivity contribution in [3.63, 3.8) is 0 Å². The maximum absolute atomic E-state index is 11.8. The fraction of sp³-hybridized carbons (Fsp3) is 0.750. The fourth-order valence-electron chi connectivity index (χ4n) is 2.43. The second kappa shape index (κ2) is 3.11. The van der Waals surface area contributed by atoms with Crippen LogP contribution in [0.3, 0.4) is 0 Å². The summed E-state index contributed by atoms with van der Waals surface area (Å²) >= 11 is 0. The van der Waals surface area contributed by atoms with Gasteiger partial charge in [-0.15, -0.1) is 0 Å². The van der Waals surface area contributed by atoms with Crippen molar-refractivity contribution in [1.82, 2.24) is 0 Å². The van der Waals surface area contributed by atoms with Crippen molar-refractivity contribution in [3.8, 4) is 0 Å². The molecule has 0 aliphatic heterocycles. The van der Waals surface area contributed by atoms with Gasteiger partial charge in [0.1, 0.15) is 5.60 Å². The van der Waals surface area contributed by atoms with E-state index >= 15 is 0 Å². The molecule has 0 radical (unpaired) electrons. The second-order valence-corrected chi connectivity index (χ2v) is 5.42. The number of rotatable bonds is 1. The molecule has 14 heavy (non-hydrogen) atoms. The quantitative estimate of drug-likeness (QED) is 0.473. The van der Waals surface area contributed by atoms with Gasteiger partial charge in [-0.1, -0.05) is 12.2 Å². The zero-order valence-corrected chi connectivity index (χ0v) is 9.12. The Morgan fingerprint density at radius 3 is 2.43 bits per heavy atom. The van der Waals surface area contributed by atoms with Gasteiger partial charge in [0.2, 0.25) is 0 Å². The van der Waals surface area contributed by atoms with Crippen LogP contribution in [0, 0.1) is 17.8 Å². The van der Waals surface area contributed by atoms with Gasteiger partial charge in [-0.25, -0.2) is 0 Å². The van der Waals surface area contributed by atoms with E-state index in [2.05, 4.69) is 12.2 Å². The fourth-order valence-corrected chi connectivity index (χ4v) is 2.43. The lowest BCUT2D eigenvalue weighted by atomic mass is 9.93. The minimum absolute atomic E-state index is 0.00523. The number of esters is 1. The smallest absolute Gasteiger partial charge is 0.310 e. The second-order valence-electron chi connectivity index (χ2n) is 5.42. The average molecular weight is 194 g/mol. The van der Waals surface area contributed by atoms with E-state index in [1.165, 1.54) is 0 Å². The molecule has 2 rings (SSSR count). The molecule has 0 spiro atoms. The van der Waals surface area contributed by atoms with Crippen molar-refractivity contribution in [1.29, 1.82) is 0 Å². The lowest BCUT2D eigenvalue weighted by Gasteiger charge is -2.24. The average Bonchev–Trinajstić information content (AvgIpc) is 2.59. The maximum atomic E-state index is 11.8. The Labute approximate surface area is 85.3 Å². The van der Waals surface area contributed by atoms with Gasteiger partial charge in [-0.2, -0.15) is 0 Å². The molecular formula is C12H18O2. The van der Waals surface area contributed by atoms with Gasteiger partial charge in [-0.05, 0) is 45.4 Å². The van der Waals surface area contributed by atoms with Crippen LogP contribution in [0.2, 0.25) is 0 Å². The number of hydrogen-bond acceptors (Lipinski definition) is 2. The summed E-state index contributed by atoms with van der Waals surface area (Å²) in [5.41, 5.74) is -0.345. The van der Waals surface area contributed by atoms with Crippen LogP contribution in [-0.4, -0.2) is 11.6 Å². The molecule has 1 saturated carbocycles. The largest absolute Gasteiger partial charge is 0.460 e. The molecule has 0 heterocycles. The number of allylic oxidation sites excluding steroid dienone is 2. The van der Waals surface area contributed by atoms with Crippen molar-refractivity contribution >= 4 is 5.97 Å². The first kappa shape index (κ1) is 9.75. The molecule has 0 N–H and O–H groups in total. The summed E-state index contributed by atoms with van der Waals surface area (Å²) in [6.07, 6.45) is 6.58. The normalized spacial score (nSPS) is 34.9. The number of carbonyl (C=O) groups is 1. The minimum Gasteiger partial charge on any atom is -0.460 e. The topological polar surface area (TPSA) is 26.3 Å².